The van der Waals surface area contributed by atoms with Gasteiger partial charge < -0.3 is 4.57 Å². The summed E-state index contributed by atoms with van der Waals surface area (Å²) in [6, 6.07) is 2.82. The fourth-order valence-electron chi connectivity index (χ4n) is 3.18. The van der Waals surface area contributed by atoms with Gasteiger partial charge in [-0.25, -0.2) is 0 Å². The van der Waals surface area contributed by atoms with Crippen LogP contribution in [0.1, 0.15) is 36.6 Å². The molecule has 2 nitrogen and oxygen atoms in total. The van der Waals surface area contributed by atoms with Crippen molar-refractivity contribution in [3.8, 4) is 0 Å². The van der Waals surface area contributed by atoms with E-state index in [1.807, 2.05) is 6.20 Å². The van der Waals surface area contributed by atoms with Crippen molar-refractivity contribution >= 4 is 17.0 Å². The van der Waals surface area contributed by atoms with E-state index >= 15 is 0 Å². The predicted octanol–water partition coefficient (Wildman–Crippen LogP) is 3.89. The first-order valence-electron chi connectivity index (χ1n) is 6.73. The minimum absolute atomic E-state index is 0.619. The summed E-state index contributed by atoms with van der Waals surface area (Å²) in [5.74, 6) is 0. The maximum Gasteiger partial charge on any atom is 0.0590 e. The van der Waals surface area contributed by atoms with Crippen molar-refractivity contribution in [1.29, 1.82) is 0 Å². The molecule has 1 atom stereocenters. The van der Waals surface area contributed by atoms with Gasteiger partial charge in [0.25, 0.3) is 0 Å². The molecular formula is C16H16N2. The van der Waals surface area contributed by atoms with Crippen LogP contribution in [-0.4, -0.2) is 9.55 Å². The number of hydrogen-bond donors (Lipinski definition) is 0. The number of hydrogen-bond acceptors (Lipinski definition) is 1. The van der Waals surface area contributed by atoms with Crippen LogP contribution in [-0.2, 0) is 6.42 Å². The second kappa shape index (κ2) is 3.84. The summed E-state index contributed by atoms with van der Waals surface area (Å²) in [5, 5.41) is 1.27. The second-order valence-corrected chi connectivity index (χ2v) is 5.19. The number of aromatic nitrogens is 2. The molecule has 18 heavy (non-hydrogen) atoms. The van der Waals surface area contributed by atoms with Crippen molar-refractivity contribution < 1.29 is 0 Å². The van der Waals surface area contributed by atoms with Gasteiger partial charge in [-0.15, -0.1) is 0 Å². The largest absolute Gasteiger partial charge is 0.344 e. The summed E-state index contributed by atoms with van der Waals surface area (Å²) in [6.45, 7) is 0. The maximum absolute atomic E-state index is 4.56. The average Bonchev–Trinajstić information content (AvgIpc) is 3.05. The lowest BCUT2D eigenvalue weighted by Crippen LogP contribution is -2.10. The normalized spacial score (nSPS) is 21.7. The minimum Gasteiger partial charge on any atom is -0.344 e. The Morgan fingerprint density at radius 3 is 3.11 bits per heavy atom. The highest BCUT2D eigenvalue weighted by atomic mass is 15.0. The van der Waals surface area contributed by atoms with Gasteiger partial charge in [-0.2, -0.15) is 0 Å². The van der Waals surface area contributed by atoms with Crippen molar-refractivity contribution in [2.75, 3.05) is 0 Å². The van der Waals surface area contributed by atoms with Crippen LogP contribution in [0.3, 0.4) is 0 Å². The van der Waals surface area contributed by atoms with Gasteiger partial charge in [-0.3, -0.25) is 4.98 Å². The average molecular weight is 236 g/mol. The molecule has 0 N–H and O–H groups in total. The van der Waals surface area contributed by atoms with Crippen molar-refractivity contribution in [2.45, 2.75) is 31.7 Å². The molecule has 4 rings (SSSR count). The maximum atomic E-state index is 4.56. The summed E-state index contributed by atoms with van der Waals surface area (Å²) in [6.07, 6.45) is 17.9. The SMILES string of the molecule is C1=CCC(n2ccc3cnc4c(c32)C=CC4)CC1. The van der Waals surface area contributed by atoms with Crippen LogP contribution in [0.25, 0.3) is 17.0 Å². The quantitative estimate of drug-likeness (QED) is 0.687. The zero-order valence-electron chi connectivity index (χ0n) is 10.3. The summed E-state index contributed by atoms with van der Waals surface area (Å²) in [7, 11) is 0. The monoisotopic (exact) mass is 236 g/mol. The molecule has 2 heteroatoms. The molecule has 2 aromatic rings. The van der Waals surface area contributed by atoms with Gasteiger partial charge in [0.15, 0.2) is 0 Å². The van der Waals surface area contributed by atoms with Gasteiger partial charge in [0.1, 0.15) is 0 Å². The molecule has 1 unspecified atom stereocenters. The van der Waals surface area contributed by atoms with Crippen LogP contribution >= 0.6 is 0 Å². The lowest BCUT2D eigenvalue weighted by atomic mass is 10.0. The summed E-state index contributed by atoms with van der Waals surface area (Å²) >= 11 is 0. The Labute approximate surface area is 107 Å². The highest BCUT2D eigenvalue weighted by Gasteiger charge is 2.18. The fraction of sp³-hybridized carbons (Fsp3) is 0.312. The Morgan fingerprint density at radius 2 is 2.22 bits per heavy atom. The van der Waals surface area contributed by atoms with Gasteiger partial charge in [0.05, 0.1) is 11.2 Å². The molecule has 0 spiro atoms. The standard InChI is InChI=1S/C16H16N2/c1-2-5-13(6-3-1)18-10-9-12-11-17-15-8-4-7-14(15)16(12)18/h1-2,4,7,9-11,13H,3,5-6,8H2. The van der Waals surface area contributed by atoms with E-state index in [0.29, 0.717) is 6.04 Å². The van der Waals surface area contributed by atoms with Gasteiger partial charge in [-0.1, -0.05) is 24.3 Å². The van der Waals surface area contributed by atoms with Crippen molar-refractivity contribution in [1.82, 2.24) is 9.55 Å². The van der Waals surface area contributed by atoms with Crippen molar-refractivity contribution in [3.63, 3.8) is 0 Å². The highest BCUT2D eigenvalue weighted by molar-refractivity contribution is 5.90. The molecule has 0 fully saturated rings. The Balaban J connectivity index is 1.93. The highest BCUT2D eigenvalue weighted by Crippen LogP contribution is 2.33. The molecule has 0 saturated heterocycles. The van der Waals surface area contributed by atoms with Crippen LogP contribution < -0.4 is 0 Å². The number of nitrogens with zero attached hydrogens (tertiary/aromatic N) is 2. The zero-order valence-corrected chi connectivity index (χ0v) is 10.3. The van der Waals surface area contributed by atoms with Crippen molar-refractivity contribution in [3.05, 3.63) is 47.9 Å². The van der Waals surface area contributed by atoms with E-state index < -0.39 is 0 Å². The zero-order chi connectivity index (χ0) is 11.9. The molecule has 2 heterocycles. The number of allylic oxidation sites excluding steroid dienone is 3. The van der Waals surface area contributed by atoms with E-state index in [-0.39, 0.29) is 0 Å². The topological polar surface area (TPSA) is 17.8 Å². The van der Waals surface area contributed by atoms with Gasteiger partial charge >= 0.3 is 0 Å². The predicted molar refractivity (Wildman–Crippen MR) is 74.5 cm³/mol. The molecule has 0 amide bonds. The number of fused-ring (bicyclic) bond motifs is 3. The van der Waals surface area contributed by atoms with E-state index in [1.165, 1.54) is 35.0 Å². The lowest BCUT2D eigenvalue weighted by molar-refractivity contribution is 0.474. The number of rotatable bonds is 1. The Morgan fingerprint density at radius 1 is 1.22 bits per heavy atom. The van der Waals surface area contributed by atoms with Crippen LogP contribution in [0.5, 0.6) is 0 Å². The summed E-state index contributed by atoms with van der Waals surface area (Å²) in [5.41, 5.74) is 3.95. The first kappa shape index (κ1) is 10.1. The Bertz CT molecular complexity index is 661. The molecular weight excluding hydrogens is 220 g/mol. The first-order chi connectivity index (χ1) is 8.93. The van der Waals surface area contributed by atoms with E-state index in [4.69, 9.17) is 0 Å². The van der Waals surface area contributed by atoms with E-state index in [1.54, 1.807) is 0 Å². The molecule has 90 valence electrons. The van der Waals surface area contributed by atoms with Gasteiger partial charge in [-0.05, 0) is 25.3 Å². The first-order valence-corrected chi connectivity index (χ1v) is 6.73. The lowest BCUT2D eigenvalue weighted by Gasteiger charge is -2.21. The third kappa shape index (κ3) is 1.38. The third-order valence-corrected chi connectivity index (χ3v) is 4.10. The smallest absolute Gasteiger partial charge is 0.0590 e. The van der Waals surface area contributed by atoms with Crippen LogP contribution in [0.2, 0.25) is 0 Å². The van der Waals surface area contributed by atoms with Crippen molar-refractivity contribution in [2.24, 2.45) is 0 Å². The van der Waals surface area contributed by atoms with Crippen LogP contribution in [0.15, 0.2) is 36.7 Å². The van der Waals surface area contributed by atoms with E-state index in [2.05, 4.69) is 46.1 Å². The van der Waals surface area contributed by atoms with E-state index in [9.17, 15) is 0 Å². The van der Waals surface area contributed by atoms with Crippen LogP contribution in [0, 0.1) is 0 Å². The van der Waals surface area contributed by atoms with E-state index in [0.717, 1.165) is 12.8 Å². The third-order valence-electron chi connectivity index (χ3n) is 4.10. The van der Waals surface area contributed by atoms with Gasteiger partial charge in [0, 0.05) is 35.8 Å². The Kier molecular flexibility index (Phi) is 2.16. The summed E-state index contributed by atoms with van der Waals surface area (Å²) in [4.78, 5) is 4.56. The summed E-state index contributed by atoms with van der Waals surface area (Å²) < 4.78 is 2.47. The minimum atomic E-state index is 0.619. The molecule has 0 aromatic carbocycles. The molecule has 0 bridgehead atoms. The molecule has 2 aromatic heterocycles. The molecule has 2 aliphatic carbocycles. The molecule has 0 saturated carbocycles. The fourth-order valence-corrected chi connectivity index (χ4v) is 3.18. The Hall–Kier alpha value is -1.83. The second-order valence-electron chi connectivity index (χ2n) is 5.19. The molecule has 2 aliphatic rings. The molecule has 0 radical (unpaired) electrons. The molecule has 0 aliphatic heterocycles. The van der Waals surface area contributed by atoms with Crippen LogP contribution in [0.4, 0.5) is 0 Å². The number of pyridine rings is 1. The van der Waals surface area contributed by atoms with Gasteiger partial charge in [0.2, 0.25) is 0 Å².